The Kier molecular flexibility index (Phi) is 4.10. The predicted molar refractivity (Wildman–Crippen MR) is 90.4 cm³/mol. The van der Waals surface area contributed by atoms with E-state index in [-0.39, 0.29) is 0 Å². The molecule has 0 N–H and O–H groups in total. The number of rotatable bonds is 4. The SMILES string of the molecule is COc1cccc(-c2c(OC)cccc2-c2ccccc2)c1. The van der Waals surface area contributed by atoms with Gasteiger partial charge in [0.1, 0.15) is 11.5 Å². The molecule has 0 heterocycles. The topological polar surface area (TPSA) is 18.5 Å². The minimum atomic E-state index is 0.836. The first-order chi connectivity index (χ1) is 10.8. The molecule has 0 fully saturated rings. The van der Waals surface area contributed by atoms with Crippen molar-refractivity contribution in [3.63, 3.8) is 0 Å². The molecule has 0 aliphatic heterocycles. The van der Waals surface area contributed by atoms with Crippen LogP contribution < -0.4 is 9.47 Å². The maximum atomic E-state index is 5.59. The quantitative estimate of drug-likeness (QED) is 0.670. The molecule has 3 aromatic rings. The van der Waals surface area contributed by atoms with Gasteiger partial charge in [-0.2, -0.15) is 0 Å². The van der Waals surface area contributed by atoms with Gasteiger partial charge in [0.15, 0.2) is 0 Å². The van der Waals surface area contributed by atoms with Crippen LogP contribution >= 0.6 is 0 Å². The molecule has 2 heteroatoms. The van der Waals surface area contributed by atoms with Gasteiger partial charge in [0.2, 0.25) is 0 Å². The van der Waals surface area contributed by atoms with Crippen molar-refractivity contribution in [2.45, 2.75) is 0 Å². The lowest BCUT2D eigenvalue weighted by molar-refractivity contribution is 0.414. The highest BCUT2D eigenvalue weighted by atomic mass is 16.5. The maximum Gasteiger partial charge on any atom is 0.127 e. The van der Waals surface area contributed by atoms with Gasteiger partial charge in [-0.1, -0.05) is 54.6 Å². The zero-order valence-corrected chi connectivity index (χ0v) is 12.7. The van der Waals surface area contributed by atoms with Crippen LogP contribution in [0.3, 0.4) is 0 Å². The molecular formula is C20H18O2. The molecule has 22 heavy (non-hydrogen) atoms. The third kappa shape index (κ3) is 2.68. The van der Waals surface area contributed by atoms with E-state index in [0.29, 0.717) is 0 Å². The van der Waals surface area contributed by atoms with E-state index in [2.05, 4.69) is 24.3 Å². The fourth-order valence-electron chi connectivity index (χ4n) is 2.64. The minimum absolute atomic E-state index is 0.836. The van der Waals surface area contributed by atoms with E-state index in [1.54, 1.807) is 14.2 Å². The van der Waals surface area contributed by atoms with Crippen LogP contribution in [0.15, 0.2) is 72.8 Å². The predicted octanol–water partition coefficient (Wildman–Crippen LogP) is 5.04. The second-order valence-corrected chi connectivity index (χ2v) is 4.98. The zero-order valence-electron chi connectivity index (χ0n) is 12.7. The summed E-state index contributed by atoms with van der Waals surface area (Å²) in [6.07, 6.45) is 0. The van der Waals surface area contributed by atoms with E-state index in [9.17, 15) is 0 Å². The third-order valence-corrected chi connectivity index (χ3v) is 3.69. The Morgan fingerprint density at radius 2 is 1.36 bits per heavy atom. The van der Waals surface area contributed by atoms with Crippen molar-refractivity contribution < 1.29 is 9.47 Å². The molecule has 0 saturated carbocycles. The molecule has 3 rings (SSSR count). The van der Waals surface area contributed by atoms with Crippen molar-refractivity contribution in [2.24, 2.45) is 0 Å². The summed E-state index contributed by atoms with van der Waals surface area (Å²) >= 11 is 0. The van der Waals surface area contributed by atoms with Crippen molar-refractivity contribution in [1.82, 2.24) is 0 Å². The molecule has 2 nitrogen and oxygen atoms in total. The average Bonchev–Trinajstić information content (AvgIpc) is 2.61. The van der Waals surface area contributed by atoms with Crippen molar-refractivity contribution in [3.05, 3.63) is 72.8 Å². The molecule has 0 bridgehead atoms. The second-order valence-electron chi connectivity index (χ2n) is 4.98. The molecule has 0 aliphatic rings. The Hall–Kier alpha value is -2.74. The van der Waals surface area contributed by atoms with Crippen LogP contribution in [0.5, 0.6) is 11.5 Å². The largest absolute Gasteiger partial charge is 0.497 e. The molecule has 0 unspecified atom stereocenters. The van der Waals surface area contributed by atoms with E-state index in [1.165, 1.54) is 5.56 Å². The standard InChI is InChI=1S/C20H18O2/c1-21-17-11-6-10-16(14-17)20-18(12-7-13-19(20)22-2)15-8-4-3-5-9-15/h3-14H,1-2H3. The lowest BCUT2D eigenvalue weighted by Gasteiger charge is -2.15. The van der Waals surface area contributed by atoms with E-state index in [4.69, 9.17) is 9.47 Å². The second kappa shape index (κ2) is 6.35. The molecule has 0 saturated heterocycles. The number of hydrogen-bond donors (Lipinski definition) is 0. The number of benzene rings is 3. The van der Waals surface area contributed by atoms with Gasteiger partial charge in [-0.3, -0.25) is 0 Å². The summed E-state index contributed by atoms with van der Waals surface area (Å²) in [5.74, 6) is 1.69. The number of methoxy groups -OCH3 is 2. The normalized spacial score (nSPS) is 10.3. The van der Waals surface area contributed by atoms with Crippen molar-refractivity contribution in [3.8, 4) is 33.8 Å². The lowest BCUT2D eigenvalue weighted by atomic mass is 9.93. The summed E-state index contributed by atoms with van der Waals surface area (Å²) in [6, 6.07) is 24.5. The fraction of sp³-hybridized carbons (Fsp3) is 0.100. The van der Waals surface area contributed by atoms with Crippen LogP contribution in [-0.4, -0.2) is 14.2 Å². The average molecular weight is 290 g/mol. The molecular weight excluding hydrogens is 272 g/mol. The van der Waals surface area contributed by atoms with Gasteiger partial charge < -0.3 is 9.47 Å². The molecule has 3 aromatic carbocycles. The first-order valence-corrected chi connectivity index (χ1v) is 7.20. The van der Waals surface area contributed by atoms with Crippen LogP contribution in [-0.2, 0) is 0 Å². The molecule has 0 aromatic heterocycles. The maximum absolute atomic E-state index is 5.59. The first-order valence-electron chi connectivity index (χ1n) is 7.20. The molecule has 110 valence electrons. The van der Waals surface area contributed by atoms with E-state index < -0.39 is 0 Å². The van der Waals surface area contributed by atoms with Gasteiger partial charge in [0, 0.05) is 5.56 Å². The Bertz CT molecular complexity index is 764. The Morgan fingerprint density at radius 3 is 2.09 bits per heavy atom. The number of hydrogen-bond acceptors (Lipinski definition) is 2. The van der Waals surface area contributed by atoms with Crippen LogP contribution in [0.4, 0.5) is 0 Å². The van der Waals surface area contributed by atoms with Crippen molar-refractivity contribution in [1.29, 1.82) is 0 Å². The van der Waals surface area contributed by atoms with Crippen LogP contribution in [0.2, 0.25) is 0 Å². The molecule has 0 spiro atoms. The van der Waals surface area contributed by atoms with Crippen molar-refractivity contribution in [2.75, 3.05) is 14.2 Å². The Labute approximate surface area is 131 Å². The molecule has 0 radical (unpaired) electrons. The monoisotopic (exact) mass is 290 g/mol. The number of ether oxygens (including phenoxy) is 2. The highest BCUT2D eigenvalue weighted by molar-refractivity contribution is 5.88. The van der Waals surface area contributed by atoms with Gasteiger partial charge in [-0.25, -0.2) is 0 Å². The molecule has 0 atom stereocenters. The molecule has 0 amide bonds. The lowest BCUT2D eigenvalue weighted by Crippen LogP contribution is -1.92. The Morgan fingerprint density at radius 1 is 0.636 bits per heavy atom. The van der Waals surface area contributed by atoms with Gasteiger partial charge in [0.25, 0.3) is 0 Å². The van der Waals surface area contributed by atoms with Crippen LogP contribution in [0.25, 0.3) is 22.3 Å². The summed E-state index contributed by atoms with van der Waals surface area (Å²) in [5.41, 5.74) is 4.47. The van der Waals surface area contributed by atoms with E-state index in [1.807, 2.05) is 48.5 Å². The molecule has 0 aliphatic carbocycles. The van der Waals surface area contributed by atoms with Gasteiger partial charge in [-0.15, -0.1) is 0 Å². The summed E-state index contributed by atoms with van der Waals surface area (Å²) < 4.78 is 10.9. The van der Waals surface area contributed by atoms with Gasteiger partial charge in [-0.05, 0) is 34.9 Å². The smallest absolute Gasteiger partial charge is 0.127 e. The summed E-state index contributed by atoms with van der Waals surface area (Å²) in [7, 11) is 3.38. The van der Waals surface area contributed by atoms with Crippen LogP contribution in [0, 0.1) is 0 Å². The zero-order chi connectivity index (χ0) is 15.4. The Balaban J connectivity index is 2.24. The third-order valence-electron chi connectivity index (χ3n) is 3.69. The summed E-state index contributed by atoms with van der Waals surface area (Å²) in [5, 5.41) is 0. The van der Waals surface area contributed by atoms with Crippen LogP contribution in [0.1, 0.15) is 0 Å². The van der Waals surface area contributed by atoms with Crippen molar-refractivity contribution >= 4 is 0 Å². The highest BCUT2D eigenvalue weighted by Gasteiger charge is 2.13. The van der Waals surface area contributed by atoms with Gasteiger partial charge >= 0.3 is 0 Å². The summed E-state index contributed by atoms with van der Waals surface area (Å²) in [6.45, 7) is 0. The fourth-order valence-corrected chi connectivity index (χ4v) is 2.64. The van der Waals surface area contributed by atoms with Gasteiger partial charge in [0.05, 0.1) is 14.2 Å². The minimum Gasteiger partial charge on any atom is -0.497 e. The van der Waals surface area contributed by atoms with E-state index >= 15 is 0 Å². The van der Waals surface area contributed by atoms with E-state index in [0.717, 1.165) is 28.2 Å². The first kappa shape index (κ1) is 14.2. The highest BCUT2D eigenvalue weighted by Crippen LogP contribution is 2.39. The summed E-state index contributed by atoms with van der Waals surface area (Å²) in [4.78, 5) is 0.